The first-order valence-corrected chi connectivity index (χ1v) is 13.6. The lowest BCUT2D eigenvalue weighted by molar-refractivity contribution is -0.142. The van der Waals surface area contributed by atoms with E-state index in [4.69, 9.17) is 9.47 Å². The van der Waals surface area contributed by atoms with Crippen molar-refractivity contribution in [3.63, 3.8) is 0 Å². The van der Waals surface area contributed by atoms with Crippen LogP contribution in [0.5, 0.6) is 0 Å². The lowest BCUT2D eigenvalue weighted by Gasteiger charge is -2.21. The molecule has 2 unspecified atom stereocenters. The second-order valence-electron chi connectivity index (χ2n) is 9.70. The van der Waals surface area contributed by atoms with Crippen LogP contribution in [-0.2, 0) is 33.5 Å². The van der Waals surface area contributed by atoms with Gasteiger partial charge >= 0.3 is 5.97 Å². The molecular formula is C30H31F2NO3S. The van der Waals surface area contributed by atoms with Crippen molar-refractivity contribution in [1.82, 2.24) is 4.57 Å². The number of aryl methyl sites for hydroxylation is 1. The van der Waals surface area contributed by atoms with E-state index in [2.05, 4.69) is 29.3 Å². The molecule has 2 aliphatic carbocycles. The van der Waals surface area contributed by atoms with Gasteiger partial charge in [0.2, 0.25) is 0 Å². The number of benzene rings is 2. The van der Waals surface area contributed by atoms with E-state index >= 15 is 0 Å². The van der Waals surface area contributed by atoms with Crippen molar-refractivity contribution in [2.75, 3.05) is 12.9 Å². The zero-order valence-electron chi connectivity index (χ0n) is 21.1. The Morgan fingerprint density at radius 3 is 2.68 bits per heavy atom. The number of ether oxygens (including phenoxy) is 2. The summed E-state index contributed by atoms with van der Waals surface area (Å²) in [6.45, 7) is 2.03. The summed E-state index contributed by atoms with van der Waals surface area (Å²) in [7, 11) is 0. The Hall–Kier alpha value is -2.90. The fourth-order valence-corrected chi connectivity index (χ4v) is 6.12. The molecule has 1 spiro atoms. The van der Waals surface area contributed by atoms with E-state index < -0.39 is 5.97 Å². The minimum atomic E-state index is -0.410. The molecule has 37 heavy (non-hydrogen) atoms. The Morgan fingerprint density at radius 2 is 1.92 bits per heavy atom. The Bertz CT molecular complexity index is 1350. The summed E-state index contributed by atoms with van der Waals surface area (Å²) in [6, 6.07) is 13.7. The third kappa shape index (κ3) is 4.42. The number of nitrogens with zero attached hydrogens (tertiary/aromatic N) is 1. The number of carbonyl (C=O) groups is 1. The number of hydrogen-bond acceptors (Lipinski definition) is 4. The van der Waals surface area contributed by atoms with Crippen LogP contribution < -0.4 is 0 Å². The van der Waals surface area contributed by atoms with Crippen molar-refractivity contribution in [2.45, 2.75) is 56.7 Å². The first-order valence-electron chi connectivity index (χ1n) is 12.7. The van der Waals surface area contributed by atoms with Gasteiger partial charge in [0.05, 0.1) is 13.0 Å². The Kier molecular flexibility index (Phi) is 7.03. The second kappa shape index (κ2) is 10.1. The van der Waals surface area contributed by atoms with Crippen LogP contribution in [0.1, 0.15) is 48.6 Å². The SMILES string of the molecule is CCOC(=O)Cc1c(F)cccc1CCC12CCC3=Cc4c(ccn4-c4ccc(F)cc4)CC31O2.CS. The molecule has 0 radical (unpaired) electrons. The van der Waals surface area contributed by atoms with Gasteiger partial charge in [0, 0.05) is 29.6 Å². The molecule has 0 amide bonds. The Balaban J connectivity index is 0.00000137. The van der Waals surface area contributed by atoms with Gasteiger partial charge in [-0.2, -0.15) is 12.6 Å². The minimum Gasteiger partial charge on any atom is -0.466 e. The number of halogens is 2. The lowest BCUT2D eigenvalue weighted by atomic mass is 9.80. The highest BCUT2D eigenvalue weighted by molar-refractivity contribution is 7.79. The van der Waals surface area contributed by atoms with E-state index in [-0.39, 0.29) is 35.9 Å². The Labute approximate surface area is 221 Å². The molecule has 4 nitrogen and oxygen atoms in total. The summed E-state index contributed by atoms with van der Waals surface area (Å²) in [5.41, 5.74) is 5.31. The summed E-state index contributed by atoms with van der Waals surface area (Å²) >= 11 is 3.53. The normalized spacial score (nSPS) is 22.7. The molecule has 2 atom stereocenters. The monoisotopic (exact) mass is 523 g/mol. The predicted octanol–water partition coefficient (Wildman–Crippen LogP) is 6.28. The van der Waals surface area contributed by atoms with Crippen molar-refractivity contribution in [1.29, 1.82) is 0 Å². The van der Waals surface area contributed by atoms with Crippen LogP contribution in [0, 0.1) is 11.6 Å². The maximum atomic E-state index is 14.6. The molecule has 2 fully saturated rings. The van der Waals surface area contributed by atoms with E-state index in [9.17, 15) is 13.6 Å². The van der Waals surface area contributed by atoms with E-state index in [0.29, 0.717) is 12.0 Å². The van der Waals surface area contributed by atoms with E-state index in [0.717, 1.165) is 42.6 Å². The molecule has 3 aliphatic rings. The lowest BCUT2D eigenvalue weighted by Crippen LogP contribution is -2.27. The van der Waals surface area contributed by atoms with Gasteiger partial charge in [-0.1, -0.05) is 12.1 Å². The number of thiol groups is 1. The van der Waals surface area contributed by atoms with Gasteiger partial charge in [0.15, 0.2) is 0 Å². The van der Waals surface area contributed by atoms with E-state index in [1.165, 1.54) is 29.3 Å². The number of hydrogen-bond donors (Lipinski definition) is 1. The molecule has 1 aliphatic heterocycles. The summed E-state index contributed by atoms with van der Waals surface area (Å²) in [5.74, 6) is -1.02. The molecular weight excluding hydrogens is 492 g/mol. The van der Waals surface area contributed by atoms with Gasteiger partial charge in [-0.05, 0) is 98.0 Å². The molecule has 1 saturated heterocycles. The van der Waals surface area contributed by atoms with Gasteiger partial charge < -0.3 is 14.0 Å². The molecule has 0 N–H and O–H groups in total. The van der Waals surface area contributed by atoms with Crippen LogP contribution >= 0.6 is 12.6 Å². The van der Waals surface area contributed by atoms with Crippen LogP contribution in [0.15, 0.2) is 60.3 Å². The predicted molar refractivity (Wildman–Crippen MR) is 143 cm³/mol. The summed E-state index contributed by atoms with van der Waals surface area (Å²) in [5, 5.41) is 0. The highest BCUT2D eigenvalue weighted by atomic mass is 32.1. The van der Waals surface area contributed by atoms with E-state index in [1.54, 1.807) is 31.4 Å². The smallest absolute Gasteiger partial charge is 0.310 e. The van der Waals surface area contributed by atoms with Gasteiger partial charge in [-0.25, -0.2) is 8.78 Å². The Morgan fingerprint density at radius 1 is 1.14 bits per heavy atom. The molecule has 7 heteroatoms. The third-order valence-electron chi connectivity index (χ3n) is 7.89. The number of fused-ring (bicyclic) bond motifs is 1. The van der Waals surface area contributed by atoms with Crippen LogP contribution in [0.25, 0.3) is 11.8 Å². The van der Waals surface area contributed by atoms with Crippen LogP contribution in [0.2, 0.25) is 0 Å². The van der Waals surface area contributed by atoms with Crippen LogP contribution in [0.4, 0.5) is 8.78 Å². The number of epoxide rings is 1. The average Bonchev–Trinajstić information content (AvgIpc) is 3.16. The zero-order chi connectivity index (χ0) is 26.2. The second-order valence-corrected chi connectivity index (χ2v) is 9.70. The molecule has 6 rings (SSSR count). The quantitative estimate of drug-likeness (QED) is 0.225. The molecule has 1 aromatic heterocycles. The number of carbonyl (C=O) groups excluding carboxylic acids is 1. The molecule has 0 bridgehead atoms. The van der Waals surface area contributed by atoms with Crippen molar-refractivity contribution in [3.8, 4) is 5.69 Å². The standard InChI is InChI=1S/C29H27F2NO3.CH4S/c1-2-34-27(33)17-24-19(4-3-5-25(24)31)10-13-28-14-11-21-16-26-20(18-29(21,28)35-28)12-15-32(26)23-8-6-22(30)7-9-23;1-2/h3-9,12,15-16H,2,10-11,13-14,17-18H2,1H3;2H,1H3. The zero-order valence-corrected chi connectivity index (χ0v) is 22.0. The minimum absolute atomic E-state index is 0.0553. The van der Waals surface area contributed by atoms with Crippen molar-refractivity contribution >= 4 is 24.7 Å². The number of esters is 1. The van der Waals surface area contributed by atoms with Crippen molar-refractivity contribution in [3.05, 3.63) is 94.3 Å². The maximum absolute atomic E-state index is 14.6. The third-order valence-corrected chi connectivity index (χ3v) is 7.89. The van der Waals surface area contributed by atoms with Crippen molar-refractivity contribution in [2.24, 2.45) is 0 Å². The van der Waals surface area contributed by atoms with Gasteiger partial charge in [-0.3, -0.25) is 4.79 Å². The highest BCUT2D eigenvalue weighted by Gasteiger charge is 2.74. The topological polar surface area (TPSA) is 43.8 Å². The molecule has 2 heterocycles. The first kappa shape index (κ1) is 25.7. The summed E-state index contributed by atoms with van der Waals surface area (Å²) in [6.07, 6.45) is 10.0. The highest BCUT2D eigenvalue weighted by Crippen LogP contribution is 2.67. The van der Waals surface area contributed by atoms with Crippen LogP contribution in [-0.4, -0.2) is 34.6 Å². The molecule has 1 saturated carbocycles. The first-order chi connectivity index (χ1) is 17.9. The maximum Gasteiger partial charge on any atom is 0.310 e. The van der Waals surface area contributed by atoms with Gasteiger partial charge in [0.1, 0.15) is 22.8 Å². The largest absolute Gasteiger partial charge is 0.466 e. The van der Waals surface area contributed by atoms with Crippen molar-refractivity contribution < 1.29 is 23.0 Å². The summed E-state index contributed by atoms with van der Waals surface area (Å²) in [4.78, 5) is 12.0. The van der Waals surface area contributed by atoms with Crippen LogP contribution in [0.3, 0.4) is 0 Å². The van der Waals surface area contributed by atoms with Gasteiger partial charge in [0.25, 0.3) is 0 Å². The average molecular weight is 524 g/mol. The summed E-state index contributed by atoms with van der Waals surface area (Å²) < 4.78 is 41.6. The fourth-order valence-electron chi connectivity index (χ4n) is 6.12. The molecule has 3 aromatic rings. The fraction of sp³-hybridized carbons (Fsp3) is 0.367. The molecule has 194 valence electrons. The number of aromatic nitrogens is 1. The molecule has 2 aromatic carbocycles. The van der Waals surface area contributed by atoms with Gasteiger partial charge in [-0.15, -0.1) is 0 Å². The van der Waals surface area contributed by atoms with E-state index in [1.807, 2.05) is 12.3 Å². The number of rotatable bonds is 7.